The Morgan fingerprint density at radius 3 is 1.92 bits per heavy atom. The largest absolute Gasteiger partial charge is 0.468 e. The number of aliphatic hydroxyl groups is 2. The van der Waals surface area contributed by atoms with Gasteiger partial charge in [-0.15, -0.1) is 9.98 Å². The first-order valence-electron chi connectivity index (χ1n) is 3.07. The summed E-state index contributed by atoms with van der Waals surface area (Å²) in [5.41, 5.74) is 0. The van der Waals surface area contributed by atoms with Gasteiger partial charge in [-0.2, -0.15) is 0 Å². The molecule has 0 amide bonds. The van der Waals surface area contributed by atoms with Gasteiger partial charge in [-0.1, -0.05) is 0 Å². The topological polar surface area (TPSA) is 95.7 Å². The number of amidine groups is 2. The fourth-order valence-electron chi connectivity index (χ4n) is 0.638. The van der Waals surface area contributed by atoms with Gasteiger partial charge in [-0.3, -0.25) is 5.32 Å². The maximum atomic E-state index is 8.96. The predicted octanol–water partition coefficient (Wildman–Crippen LogP) is -1.81. The fraction of sp³-hybridized carbons (Fsp3) is 0.600. The highest BCUT2D eigenvalue weighted by molar-refractivity contribution is 5.94. The molecule has 12 heavy (non-hydrogen) atoms. The van der Waals surface area contributed by atoms with Crippen LogP contribution in [0.15, 0.2) is 9.98 Å². The average molecular weight is 175 g/mol. The Bertz CT molecular complexity index is 213. The number of hydrogen-bond donors (Lipinski definition) is 3. The zero-order chi connectivity index (χ0) is 9.19. The van der Waals surface area contributed by atoms with Crippen LogP contribution in [0.3, 0.4) is 0 Å². The van der Waals surface area contributed by atoms with Crippen molar-refractivity contribution in [2.75, 3.05) is 14.2 Å². The van der Waals surface area contributed by atoms with Crippen molar-refractivity contribution in [3.8, 4) is 0 Å². The summed E-state index contributed by atoms with van der Waals surface area (Å²) in [4.78, 5) is 6.52. The molecule has 1 aliphatic rings. The molecular weight excluding hydrogens is 166 g/mol. The van der Waals surface area contributed by atoms with Gasteiger partial charge in [-0.25, -0.2) is 0 Å². The Morgan fingerprint density at radius 1 is 1.17 bits per heavy atom. The second kappa shape index (κ2) is 2.95. The lowest BCUT2D eigenvalue weighted by molar-refractivity contribution is -0.148. The van der Waals surface area contributed by atoms with Gasteiger partial charge in [0.1, 0.15) is 0 Å². The summed E-state index contributed by atoms with van der Waals surface area (Å²) >= 11 is 0. The minimum absolute atomic E-state index is 0.0770. The Kier molecular flexibility index (Phi) is 2.15. The Morgan fingerprint density at radius 2 is 1.58 bits per heavy atom. The number of nitrogens with one attached hydrogen (secondary N) is 1. The van der Waals surface area contributed by atoms with Crippen LogP contribution in [0.5, 0.6) is 0 Å². The zero-order valence-electron chi connectivity index (χ0n) is 6.61. The molecule has 1 heterocycles. The zero-order valence-corrected chi connectivity index (χ0v) is 6.61. The van der Waals surface area contributed by atoms with Crippen LogP contribution < -0.4 is 5.32 Å². The minimum atomic E-state index is -2.51. The van der Waals surface area contributed by atoms with Crippen LogP contribution in [0.1, 0.15) is 0 Å². The van der Waals surface area contributed by atoms with Gasteiger partial charge in [0.15, 0.2) is 0 Å². The lowest BCUT2D eigenvalue weighted by Crippen LogP contribution is -2.43. The molecular formula is C5H9N3O4. The van der Waals surface area contributed by atoms with Crippen molar-refractivity contribution in [1.82, 2.24) is 5.32 Å². The molecule has 0 radical (unpaired) electrons. The SMILES string of the molecule is COC1=NC(O)(O)N=C(OC)N1. The molecule has 0 aromatic rings. The first-order valence-corrected chi connectivity index (χ1v) is 3.07. The molecule has 0 aromatic heterocycles. The Balaban J connectivity index is 2.83. The van der Waals surface area contributed by atoms with Gasteiger partial charge >= 0.3 is 6.03 Å². The number of ether oxygens (including phenoxy) is 2. The molecule has 7 nitrogen and oxygen atoms in total. The quantitative estimate of drug-likeness (QED) is 0.377. The summed E-state index contributed by atoms with van der Waals surface area (Å²) in [5.74, 6) is 0. The molecule has 0 fully saturated rings. The van der Waals surface area contributed by atoms with E-state index in [9.17, 15) is 0 Å². The maximum Gasteiger partial charge on any atom is 0.382 e. The fourth-order valence-corrected chi connectivity index (χ4v) is 0.638. The van der Waals surface area contributed by atoms with E-state index in [2.05, 4.69) is 24.8 Å². The summed E-state index contributed by atoms with van der Waals surface area (Å²) in [6, 6.07) is -2.67. The molecule has 3 N–H and O–H groups in total. The summed E-state index contributed by atoms with van der Waals surface area (Å²) in [5, 5.41) is 20.4. The second-order valence-electron chi connectivity index (χ2n) is 1.97. The molecule has 0 aliphatic carbocycles. The number of methoxy groups -OCH3 is 2. The van der Waals surface area contributed by atoms with Gasteiger partial charge in [0.25, 0.3) is 12.0 Å². The van der Waals surface area contributed by atoms with E-state index in [4.69, 9.17) is 10.2 Å². The van der Waals surface area contributed by atoms with Crippen molar-refractivity contribution in [2.45, 2.75) is 6.03 Å². The summed E-state index contributed by atoms with van der Waals surface area (Å²) in [6.07, 6.45) is 0. The van der Waals surface area contributed by atoms with Crippen molar-refractivity contribution >= 4 is 12.0 Å². The van der Waals surface area contributed by atoms with E-state index in [-0.39, 0.29) is 12.0 Å². The van der Waals surface area contributed by atoms with Crippen molar-refractivity contribution in [3.63, 3.8) is 0 Å². The molecule has 0 saturated carbocycles. The monoisotopic (exact) mass is 175 g/mol. The predicted molar refractivity (Wildman–Crippen MR) is 39.2 cm³/mol. The van der Waals surface area contributed by atoms with Crippen LogP contribution in [0.25, 0.3) is 0 Å². The van der Waals surface area contributed by atoms with Crippen LogP contribution in [0.2, 0.25) is 0 Å². The highest BCUT2D eigenvalue weighted by atomic mass is 16.6. The molecule has 1 rings (SSSR count). The molecule has 0 bridgehead atoms. The highest BCUT2D eigenvalue weighted by Gasteiger charge is 2.29. The van der Waals surface area contributed by atoms with Crippen molar-refractivity contribution in [1.29, 1.82) is 0 Å². The number of rotatable bonds is 0. The van der Waals surface area contributed by atoms with E-state index < -0.39 is 6.03 Å². The highest BCUT2D eigenvalue weighted by Crippen LogP contribution is 2.07. The molecule has 7 heteroatoms. The van der Waals surface area contributed by atoms with Crippen molar-refractivity contribution in [3.05, 3.63) is 0 Å². The Labute approximate surface area is 68.3 Å². The molecule has 1 aliphatic heterocycles. The van der Waals surface area contributed by atoms with Crippen LogP contribution in [0, 0.1) is 0 Å². The standard InChI is InChI=1S/C5H9N3O4/c1-11-3-6-4(12-2)8-5(9,10)7-3/h9-10H,1-2H3,(H,6,7,8). The molecule has 0 unspecified atom stereocenters. The summed E-state index contributed by atoms with van der Waals surface area (Å²) in [7, 11) is 2.64. The van der Waals surface area contributed by atoms with E-state index in [1.165, 1.54) is 14.2 Å². The lowest BCUT2D eigenvalue weighted by atomic mass is 10.7. The van der Waals surface area contributed by atoms with Crippen LogP contribution in [0.4, 0.5) is 0 Å². The van der Waals surface area contributed by atoms with Gasteiger partial charge in [0.05, 0.1) is 14.2 Å². The van der Waals surface area contributed by atoms with Gasteiger partial charge in [-0.05, 0) is 0 Å². The van der Waals surface area contributed by atoms with E-state index in [1.807, 2.05) is 0 Å². The number of aliphatic imine (C=N–C) groups is 2. The van der Waals surface area contributed by atoms with E-state index in [0.717, 1.165) is 0 Å². The molecule has 0 spiro atoms. The van der Waals surface area contributed by atoms with Gasteiger partial charge < -0.3 is 19.7 Å². The van der Waals surface area contributed by atoms with Crippen molar-refractivity contribution in [2.24, 2.45) is 9.98 Å². The number of hydrogen-bond acceptors (Lipinski definition) is 7. The molecule has 68 valence electrons. The van der Waals surface area contributed by atoms with Gasteiger partial charge in [0.2, 0.25) is 0 Å². The van der Waals surface area contributed by atoms with Crippen LogP contribution in [-0.4, -0.2) is 42.5 Å². The Hall–Kier alpha value is -1.34. The van der Waals surface area contributed by atoms with Crippen molar-refractivity contribution < 1.29 is 19.7 Å². The first-order chi connectivity index (χ1) is 5.57. The third-order valence-electron chi connectivity index (χ3n) is 1.10. The lowest BCUT2D eigenvalue weighted by Gasteiger charge is -2.20. The third kappa shape index (κ3) is 1.83. The minimum Gasteiger partial charge on any atom is -0.468 e. The summed E-state index contributed by atoms with van der Waals surface area (Å²) < 4.78 is 9.23. The maximum absolute atomic E-state index is 8.96. The molecule has 0 aromatic carbocycles. The van der Waals surface area contributed by atoms with Crippen LogP contribution >= 0.6 is 0 Å². The second-order valence-corrected chi connectivity index (χ2v) is 1.97. The number of nitrogens with zero attached hydrogens (tertiary/aromatic N) is 2. The normalized spacial score (nSPS) is 20.3. The van der Waals surface area contributed by atoms with E-state index >= 15 is 0 Å². The summed E-state index contributed by atoms with van der Waals surface area (Å²) in [6.45, 7) is 0. The third-order valence-corrected chi connectivity index (χ3v) is 1.10. The van der Waals surface area contributed by atoms with Gasteiger partial charge in [0, 0.05) is 0 Å². The first kappa shape index (κ1) is 8.75. The van der Waals surface area contributed by atoms with E-state index in [1.54, 1.807) is 0 Å². The molecule has 0 saturated heterocycles. The average Bonchev–Trinajstić information content (AvgIpc) is 2.01. The van der Waals surface area contributed by atoms with Crippen LogP contribution in [-0.2, 0) is 9.47 Å². The van der Waals surface area contributed by atoms with E-state index in [0.29, 0.717) is 0 Å². The smallest absolute Gasteiger partial charge is 0.382 e. The molecule has 0 atom stereocenters.